The molecule has 0 amide bonds. The highest BCUT2D eigenvalue weighted by molar-refractivity contribution is 9.10. The number of hydrogen-bond donors (Lipinski definition) is 1. The number of nitrogens with zero attached hydrogens (tertiary/aromatic N) is 1. The summed E-state index contributed by atoms with van der Waals surface area (Å²) >= 11 is 3.36. The van der Waals surface area contributed by atoms with Crippen LogP contribution in [-0.2, 0) is 0 Å². The highest BCUT2D eigenvalue weighted by atomic mass is 79.9. The molecule has 17 heavy (non-hydrogen) atoms. The van der Waals surface area contributed by atoms with Gasteiger partial charge >= 0.3 is 0 Å². The highest BCUT2D eigenvalue weighted by Gasteiger charge is 2.15. The molecule has 1 fully saturated rings. The predicted octanol–water partition coefficient (Wildman–Crippen LogP) is 2.70. The van der Waals surface area contributed by atoms with Gasteiger partial charge in [-0.05, 0) is 59.9 Å². The van der Waals surface area contributed by atoms with Crippen molar-refractivity contribution in [3.05, 3.63) is 28.2 Å². The zero-order valence-corrected chi connectivity index (χ0v) is 11.2. The second kappa shape index (κ2) is 6.04. The molecule has 0 aromatic heterocycles. The molecule has 1 aromatic carbocycles. The summed E-state index contributed by atoms with van der Waals surface area (Å²) in [4.78, 5) is 0. The molecular weight excluding hydrogens is 280 g/mol. The normalized spacial score (nSPS) is 16.5. The number of benzene rings is 1. The zero-order chi connectivity index (χ0) is 12.1. The molecule has 0 bridgehead atoms. The van der Waals surface area contributed by atoms with Gasteiger partial charge in [-0.2, -0.15) is 5.26 Å². The number of halogens is 1. The van der Waals surface area contributed by atoms with Crippen molar-refractivity contribution >= 4 is 15.9 Å². The van der Waals surface area contributed by atoms with Crippen molar-refractivity contribution in [3.8, 4) is 11.8 Å². The molecule has 4 heteroatoms. The van der Waals surface area contributed by atoms with Gasteiger partial charge in [0.25, 0.3) is 0 Å². The van der Waals surface area contributed by atoms with Crippen LogP contribution in [0.15, 0.2) is 22.7 Å². The fourth-order valence-corrected chi connectivity index (χ4v) is 2.43. The number of nitriles is 1. The van der Waals surface area contributed by atoms with Crippen LogP contribution in [0, 0.1) is 17.2 Å². The van der Waals surface area contributed by atoms with Crippen LogP contribution in [0.3, 0.4) is 0 Å². The number of piperidine rings is 1. The highest BCUT2D eigenvalue weighted by Crippen LogP contribution is 2.26. The van der Waals surface area contributed by atoms with E-state index >= 15 is 0 Å². The molecule has 2 rings (SSSR count). The average Bonchev–Trinajstić information content (AvgIpc) is 2.37. The van der Waals surface area contributed by atoms with E-state index in [0.717, 1.165) is 30.4 Å². The second-order valence-electron chi connectivity index (χ2n) is 4.23. The SMILES string of the molecule is N#Cc1c(Br)cccc1OCC1CCNCC1. The van der Waals surface area contributed by atoms with Crippen LogP contribution >= 0.6 is 15.9 Å². The van der Waals surface area contributed by atoms with Gasteiger partial charge in [0.05, 0.1) is 6.61 Å². The Kier molecular flexibility index (Phi) is 4.41. The summed E-state index contributed by atoms with van der Waals surface area (Å²) in [7, 11) is 0. The second-order valence-corrected chi connectivity index (χ2v) is 5.08. The molecule has 0 spiro atoms. The molecule has 1 N–H and O–H groups in total. The van der Waals surface area contributed by atoms with Crippen molar-refractivity contribution in [1.82, 2.24) is 5.32 Å². The smallest absolute Gasteiger partial charge is 0.138 e. The van der Waals surface area contributed by atoms with E-state index in [2.05, 4.69) is 27.3 Å². The van der Waals surface area contributed by atoms with Crippen molar-refractivity contribution in [1.29, 1.82) is 5.26 Å². The summed E-state index contributed by atoms with van der Waals surface area (Å²) in [6.45, 7) is 2.84. The van der Waals surface area contributed by atoms with E-state index in [4.69, 9.17) is 10.00 Å². The lowest BCUT2D eigenvalue weighted by atomic mass is 9.99. The van der Waals surface area contributed by atoms with E-state index in [1.54, 1.807) is 0 Å². The van der Waals surface area contributed by atoms with Crippen LogP contribution in [0.25, 0.3) is 0 Å². The van der Waals surface area contributed by atoms with E-state index in [1.165, 1.54) is 0 Å². The van der Waals surface area contributed by atoms with Gasteiger partial charge < -0.3 is 10.1 Å². The molecule has 1 aliphatic rings. The van der Waals surface area contributed by atoms with Crippen molar-refractivity contribution < 1.29 is 4.74 Å². The van der Waals surface area contributed by atoms with Gasteiger partial charge in [-0.25, -0.2) is 0 Å². The molecule has 0 aliphatic carbocycles. The Morgan fingerprint density at radius 3 is 2.88 bits per heavy atom. The van der Waals surface area contributed by atoms with E-state index in [0.29, 0.717) is 23.8 Å². The predicted molar refractivity (Wildman–Crippen MR) is 69.9 cm³/mol. The van der Waals surface area contributed by atoms with Gasteiger partial charge in [0.2, 0.25) is 0 Å². The van der Waals surface area contributed by atoms with Crippen molar-refractivity contribution in [2.45, 2.75) is 12.8 Å². The molecule has 0 atom stereocenters. The fraction of sp³-hybridized carbons (Fsp3) is 0.462. The topological polar surface area (TPSA) is 45.0 Å². The summed E-state index contributed by atoms with van der Waals surface area (Å²) in [5.41, 5.74) is 0.585. The zero-order valence-electron chi connectivity index (χ0n) is 9.58. The minimum absolute atomic E-state index is 0.585. The van der Waals surface area contributed by atoms with Gasteiger partial charge in [0.15, 0.2) is 0 Å². The van der Waals surface area contributed by atoms with Crippen LogP contribution < -0.4 is 10.1 Å². The molecule has 1 heterocycles. The average molecular weight is 295 g/mol. The number of ether oxygens (including phenoxy) is 1. The number of rotatable bonds is 3. The monoisotopic (exact) mass is 294 g/mol. The Morgan fingerprint density at radius 1 is 1.41 bits per heavy atom. The lowest BCUT2D eigenvalue weighted by molar-refractivity contribution is 0.214. The van der Waals surface area contributed by atoms with E-state index < -0.39 is 0 Å². The third kappa shape index (κ3) is 3.21. The number of hydrogen-bond acceptors (Lipinski definition) is 3. The van der Waals surface area contributed by atoms with Crippen molar-refractivity contribution in [3.63, 3.8) is 0 Å². The van der Waals surface area contributed by atoms with Gasteiger partial charge in [-0.3, -0.25) is 0 Å². The van der Waals surface area contributed by atoms with E-state index in [1.807, 2.05) is 18.2 Å². The first-order chi connectivity index (χ1) is 8.31. The summed E-state index contributed by atoms with van der Waals surface area (Å²) < 4.78 is 6.56. The van der Waals surface area contributed by atoms with Crippen molar-refractivity contribution in [2.75, 3.05) is 19.7 Å². The molecule has 1 aliphatic heterocycles. The van der Waals surface area contributed by atoms with Gasteiger partial charge in [0, 0.05) is 4.47 Å². The Hall–Kier alpha value is -1.05. The van der Waals surface area contributed by atoms with Crippen LogP contribution in [0.2, 0.25) is 0 Å². The van der Waals surface area contributed by atoms with E-state index in [-0.39, 0.29) is 0 Å². The maximum Gasteiger partial charge on any atom is 0.138 e. The third-order valence-corrected chi connectivity index (χ3v) is 3.68. The largest absolute Gasteiger partial charge is 0.492 e. The summed E-state index contributed by atoms with van der Waals surface area (Å²) in [6, 6.07) is 7.77. The maximum absolute atomic E-state index is 9.07. The lowest BCUT2D eigenvalue weighted by Gasteiger charge is -2.22. The fourth-order valence-electron chi connectivity index (χ4n) is 1.99. The van der Waals surface area contributed by atoms with E-state index in [9.17, 15) is 0 Å². The Morgan fingerprint density at radius 2 is 2.18 bits per heavy atom. The summed E-state index contributed by atoms with van der Waals surface area (Å²) in [5.74, 6) is 1.28. The van der Waals surface area contributed by atoms with Gasteiger partial charge in [-0.15, -0.1) is 0 Å². The first kappa shape index (κ1) is 12.4. The third-order valence-electron chi connectivity index (χ3n) is 3.02. The maximum atomic E-state index is 9.07. The molecule has 0 saturated carbocycles. The summed E-state index contributed by atoms with van der Waals surface area (Å²) in [5, 5.41) is 12.4. The van der Waals surface area contributed by atoms with Gasteiger partial charge in [-0.1, -0.05) is 6.07 Å². The van der Waals surface area contributed by atoms with Gasteiger partial charge in [0.1, 0.15) is 17.4 Å². The molecule has 90 valence electrons. The standard InChI is InChI=1S/C13H15BrN2O/c14-12-2-1-3-13(11(12)8-15)17-9-10-4-6-16-7-5-10/h1-3,10,16H,4-7,9H2. The molecular formula is C13H15BrN2O. The van der Waals surface area contributed by atoms with Crippen LogP contribution in [0.1, 0.15) is 18.4 Å². The number of nitrogens with one attached hydrogen (secondary N) is 1. The van der Waals surface area contributed by atoms with Crippen LogP contribution in [0.5, 0.6) is 5.75 Å². The Labute approximate surface area is 110 Å². The summed E-state index contributed by atoms with van der Waals surface area (Å²) in [6.07, 6.45) is 2.30. The van der Waals surface area contributed by atoms with Crippen LogP contribution in [-0.4, -0.2) is 19.7 Å². The van der Waals surface area contributed by atoms with Crippen LogP contribution in [0.4, 0.5) is 0 Å². The first-order valence-electron chi connectivity index (χ1n) is 5.83. The molecule has 0 unspecified atom stereocenters. The van der Waals surface area contributed by atoms with Crippen molar-refractivity contribution in [2.24, 2.45) is 5.92 Å². The molecule has 0 radical (unpaired) electrons. The quantitative estimate of drug-likeness (QED) is 0.932. The minimum atomic E-state index is 0.585. The Bertz CT molecular complexity index is 422. The first-order valence-corrected chi connectivity index (χ1v) is 6.62. The molecule has 1 aromatic rings. The molecule has 1 saturated heterocycles. The molecule has 3 nitrogen and oxygen atoms in total. The lowest BCUT2D eigenvalue weighted by Crippen LogP contribution is -2.30. The minimum Gasteiger partial charge on any atom is -0.492 e. The Balaban J connectivity index is 1.99.